The molecule has 0 N–H and O–H groups in total. The molecule has 0 aromatic rings. The molecule has 7 heteroatoms. The van der Waals surface area contributed by atoms with Gasteiger partial charge in [0.15, 0.2) is 0 Å². The van der Waals surface area contributed by atoms with Crippen molar-refractivity contribution in [2.24, 2.45) is 4.74 Å². The van der Waals surface area contributed by atoms with E-state index in [1.54, 1.807) is 0 Å². The molecule has 0 aliphatic heterocycles. The number of amides is 1. The van der Waals surface area contributed by atoms with Crippen LogP contribution in [0.15, 0.2) is 4.74 Å². The predicted octanol–water partition coefficient (Wildman–Crippen LogP) is 0.685. The Morgan fingerprint density at radius 2 is 2.23 bits per heavy atom. The number of carbonyl (C=O) groups is 2. The Kier molecular flexibility index (Phi) is 6.99. The smallest absolute Gasteiger partial charge is 0.295 e. The molecule has 0 saturated carbocycles. The van der Waals surface area contributed by atoms with Crippen LogP contribution in [0.5, 0.6) is 0 Å². The number of ketones is 1. The molecule has 5 nitrogen and oxygen atoms in total. The van der Waals surface area contributed by atoms with Gasteiger partial charge in [-0.2, -0.15) is 0 Å². The Morgan fingerprint density at radius 1 is 1.62 bits per heavy atom. The molecule has 1 unspecified atom stereocenters. The van der Waals surface area contributed by atoms with Gasteiger partial charge in [-0.15, -0.1) is 0 Å². The van der Waals surface area contributed by atoms with Gasteiger partial charge in [-0.25, -0.2) is 0 Å². The van der Waals surface area contributed by atoms with Crippen molar-refractivity contribution in [1.82, 2.24) is 0 Å². The first kappa shape index (κ1) is 12.7. The molecular formula is C6H10NO4PS. The van der Waals surface area contributed by atoms with E-state index in [0.717, 1.165) is 11.4 Å². The highest BCUT2D eigenvalue weighted by Crippen LogP contribution is 2.32. The highest BCUT2D eigenvalue weighted by molar-refractivity contribution is 8.50. The second-order valence-electron chi connectivity index (χ2n) is 2.15. The maximum atomic E-state index is 10.9. The summed E-state index contributed by atoms with van der Waals surface area (Å²) in [6, 6.07) is 0. The van der Waals surface area contributed by atoms with Crippen LogP contribution in [0.25, 0.3) is 0 Å². The van der Waals surface area contributed by atoms with E-state index in [9.17, 15) is 14.5 Å². The second kappa shape index (κ2) is 7.15. The second-order valence-corrected chi connectivity index (χ2v) is 5.03. The van der Waals surface area contributed by atoms with Crippen LogP contribution in [-0.4, -0.2) is 24.7 Å². The summed E-state index contributed by atoms with van der Waals surface area (Å²) in [5.41, 5.74) is 0. The van der Waals surface area contributed by atoms with E-state index in [-0.39, 0.29) is 18.1 Å². The summed E-state index contributed by atoms with van der Waals surface area (Å²) in [5, 5.41) is 0. The fraction of sp³-hybridized carbons (Fsp3) is 0.667. The van der Waals surface area contributed by atoms with Crippen molar-refractivity contribution < 1.29 is 19.2 Å². The SMILES string of the molecule is COCS[P+]([O-])=NC(=O)CC(C)=O. The lowest BCUT2D eigenvalue weighted by molar-refractivity contribution is -0.150. The molecule has 0 aliphatic rings. The lowest BCUT2D eigenvalue weighted by atomic mass is 10.3. The van der Waals surface area contributed by atoms with E-state index in [1.807, 2.05) is 0 Å². The fourth-order valence-electron chi connectivity index (χ4n) is 0.466. The highest BCUT2D eigenvalue weighted by atomic mass is 32.7. The lowest BCUT2D eigenvalue weighted by Gasteiger charge is -1.92. The number of ether oxygens (including phenoxy) is 1. The van der Waals surface area contributed by atoms with E-state index < -0.39 is 13.0 Å². The van der Waals surface area contributed by atoms with Gasteiger partial charge in [-0.05, 0) is 11.7 Å². The van der Waals surface area contributed by atoms with Gasteiger partial charge in [-0.3, -0.25) is 9.59 Å². The van der Waals surface area contributed by atoms with Crippen LogP contribution in [0.3, 0.4) is 0 Å². The van der Waals surface area contributed by atoms with Crippen molar-refractivity contribution in [2.75, 3.05) is 13.0 Å². The summed E-state index contributed by atoms with van der Waals surface area (Å²) >= 11 is 0.920. The number of nitrogens with zero attached hydrogens (tertiary/aromatic N) is 1. The minimum Gasteiger partial charge on any atom is -0.601 e. The Labute approximate surface area is 81.2 Å². The van der Waals surface area contributed by atoms with Crippen LogP contribution in [-0.2, 0) is 14.3 Å². The monoisotopic (exact) mass is 223 g/mol. The van der Waals surface area contributed by atoms with E-state index in [4.69, 9.17) is 0 Å². The third-order valence-electron chi connectivity index (χ3n) is 0.874. The van der Waals surface area contributed by atoms with Crippen molar-refractivity contribution in [2.45, 2.75) is 13.3 Å². The first-order valence-corrected chi connectivity index (χ1v) is 6.19. The number of methoxy groups -OCH3 is 1. The fourth-order valence-corrected chi connectivity index (χ4v) is 2.01. The van der Waals surface area contributed by atoms with Gasteiger partial charge in [0.05, 0.1) is 6.42 Å². The minimum atomic E-state index is -1.99. The molecule has 13 heavy (non-hydrogen) atoms. The Bertz CT molecular complexity index is 231. The summed E-state index contributed by atoms with van der Waals surface area (Å²) < 4.78 is 7.90. The maximum Gasteiger partial charge on any atom is 0.295 e. The van der Waals surface area contributed by atoms with Gasteiger partial charge >= 0.3 is 0 Å². The number of Topliss-reactive ketones (excluding diaryl/α,β-unsaturated/α-hetero) is 1. The van der Waals surface area contributed by atoms with Gasteiger partial charge in [0.2, 0.25) is 0 Å². The van der Waals surface area contributed by atoms with Crippen LogP contribution >= 0.6 is 18.5 Å². The Hall–Kier alpha value is -0.290. The van der Waals surface area contributed by atoms with E-state index >= 15 is 0 Å². The molecule has 1 atom stereocenters. The van der Waals surface area contributed by atoms with Crippen molar-refractivity contribution in [1.29, 1.82) is 0 Å². The summed E-state index contributed by atoms with van der Waals surface area (Å²) in [6.07, 6.45) is -0.283. The van der Waals surface area contributed by atoms with E-state index in [0.29, 0.717) is 0 Å². The molecule has 1 amide bonds. The van der Waals surface area contributed by atoms with Crippen LogP contribution < -0.4 is 4.89 Å². The van der Waals surface area contributed by atoms with E-state index in [2.05, 4.69) is 9.48 Å². The molecule has 0 bridgehead atoms. The molecule has 74 valence electrons. The summed E-state index contributed by atoms with van der Waals surface area (Å²) in [4.78, 5) is 32.2. The van der Waals surface area contributed by atoms with Crippen LogP contribution in [0.1, 0.15) is 13.3 Å². The molecule has 0 radical (unpaired) electrons. The zero-order valence-electron chi connectivity index (χ0n) is 7.35. The quantitative estimate of drug-likeness (QED) is 0.389. The van der Waals surface area contributed by atoms with Gasteiger partial charge in [-0.1, -0.05) is 0 Å². The summed E-state index contributed by atoms with van der Waals surface area (Å²) in [5.74, 6) is -0.711. The molecule has 0 aromatic heterocycles. The van der Waals surface area contributed by atoms with Crippen LogP contribution in [0, 0.1) is 0 Å². The Morgan fingerprint density at radius 3 is 2.69 bits per heavy atom. The van der Waals surface area contributed by atoms with Crippen LogP contribution in [0.4, 0.5) is 0 Å². The molecule has 0 aliphatic carbocycles. The van der Waals surface area contributed by atoms with Gasteiger partial charge < -0.3 is 9.63 Å². The van der Waals surface area contributed by atoms with Crippen LogP contribution in [0.2, 0.25) is 0 Å². The molecule has 0 spiro atoms. The minimum absolute atomic E-state index is 0.214. The van der Waals surface area contributed by atoms with Gasteiger partial charge in [0, 0.05) is 7.11 Å². The zero-order chi connectivity index (χ0) is 10.3. The van der Waals surface area contributed by atoms with Crippen molar-refractivity contribution in [3.05, 3.63) is 0 Å². The molecule has 0 saturated heterocycles. The number of rotatable bonds is 5. The molecule has 0 fully saturated rings. The lowest BCUT2D eigenvalue weighted by Crippen LogP contribution is -2.00. The predicted molar refractivity (Wildman–Crippen MR) is 49.1 cm³/mol. The average Bonchev–Trinajstić information content (AvgIpc) is 1.98. The largest absolute Gasteiger partial charge is 0.601 e. The van der Waals surface area contributed by atoms with E-state index in [1.165, 1.54) is 14.0 Å². The normalized spacial score (nSPS) is 11.5. The standard InChI is InChI=1S/C6H10NO4PS/c1-5(8)3-6(9)7-12(10)13-4-11-2/h3-4H2,1-2H3. The molecule has 0 heterocycles. The summed E-state index contributed by atoms with van der Waals surface area (Å²) in [6.45, 7) is 1.28. The Balaban J connectivity index is 3.91. The number of hydrogen-bond donors (Lipinski definition) is 0. The molecule has 0 rings (SSSR count). The summed E-state index contributed by atoms with van der Waals surface area (Å²) in [7, 11) is -0.540. The third kappa shape index (κ3) is 8.05. The van der Waals surface area contributed by atoms with Crippen molar-refractivity contribution in [3.8, 4) is 0 Å². The third-order valence-corrected chi connectivity index (χ3v) is 3.05. The molecule has 0 aromatic carbocycles. The average molecular weight is 223 g/mol. The highest BCUT2D eigenvalue weighted by Gasteiger charge is 2.09. The van der Waals surface area contributed by atoms with Crippen molar-refractivity contribution >= 4 is 30.2 Å². The first-order valence-electron chi connectivity index (χ1n) is 3.39. The maximum absolute atomic E-state index is 10.9. The van der Waals surface area contributed by atoms with Gasteiger partial charge in [0.25, 0.3) is 13.0 Å². The number of carbonyl (C=O) groups excluding carboxylic acids is 2. The number of hydrogen-bond acceptors (Lipinski definition) is 5. The van der Waals surface area contributed by atoms with Gasteiger partial charge in [0.1, 0.15) is 23.1 Å². The zero-order valence-corrected chi connectivity index (χ0v) is 9.06. The first-order chi connectivity index (χ1) is 6.06. The van der Waals surface area contributed by atoms with Crippen molar-refractivity contribution in [3.63, 3.8) is 0 Å². The topological polar surface area (TPSA) is 78.8 Å². The molecular weight excluding hydrogens is 213 g/mol.